The number of amides is 2. The molecule has 1 aromatic rings. The molecule has 1 aromatic carbocycles. The number of hydrogen-bond donors (Lipinski definition) is 4. The third kappa shape index (κ3) is 18.8. The summed E-state index contributed by atoms with van der Waals surface area (Å²) >= 11 is 1.62. The average Bonchev–Trinajstić information content (AvgIpc) is 3.00. The first kappa shape index (κ1) is 39.5. The molecule has 0 fully saturated rings. The standard InChI is InChI=1S/C37H54N2O5S/c1-5-7-8-9-10-11-12-13-14-15-16-17-18-19-20-21-22-23-26-45-34(6-2)36(42)39-32(27-29(3)4)35(41)38-30-24-25-33(40)31(28-30)37(43)44/h7-8,10-11,13-14,16-17,19-20,24-25,28-29,32,34,40H,5-6,9,12,15,18,21-23,26-27H2,1-4H3,(H,38,41)(H,39,42)(H,43,44)/b8-7-,11-10-,14-13-,17-16-,20-19-/t32?,34-/m1/s1. The fourth-order valence-corrected chi connectivity index (χ4v) is 5.43. The Morgan fingerprint density at radius 2 is 1.40 bits per heavy atom. The van der Waals surface area contributed by atoms with Gasteiger partial charge < -0.3 is 20.8 Å². The first-order valence-corrected chi connectivity index (χ1v) is 17.3. The second-order valence-electron chi connectivity index (χ2n) is 11.2. The number of anilines is 1. The van der Waals surface area contributed by atoms with Crippen LogP contribution in [0, 0.1) is 5.92 Å². The number of carboxylic acid groups (broad SMARTS) is 1. The van der Waals surface area contributed by atoms with E-state index in [9.17, 15) is 24.6 Å². The van der Waals surface area contributed by atoms with Gasteiger partial charge in [-0.2, -0.15) is 0 Å². The maximum atomic E-state index is 13.1. The van der Waals surface area contributed by atoms with E-state index in [2.05, 4.69) is 78.3 Å². The van der Waals surface area contributed by atoms with Gasteiger partial charge in [0.25, 0.3) is 0 Å². The summed E-state index contributed by atoms with van der Waals surface area (Å²) in [7, 11) is 0. The van der Waals surface area contributed by atoms with Gasteiger partial charge in [-0.15, -0.1) is 11.8 Å². The second kappa shape index (κ2) is 24.8. The van der Waals surface area contributed by atoms with Gasteiger partial charge in [-0.05, 0) is 94.1 Å². The van der Waals surface area contributed by atoms with E-state index >= 15 is 0 Å². The minimum Gasteiger partial charge on any atom is -0.507 e. The highest BCUT2D eigenvalue weighted by molar-refractivity contribution is 8.00. The number of phenols is 1. The maximum Gasteiger partial charge on any atom is 0.339 e. The lowest BCUT2D eigenvalue weighted by atomic mass is 10.0. The van der Waals surface area contributed by atoms with Crippen molar-refractivity contribution in [3.8, 4) is 5.75 Å². The van der Waals surface area contributed by atoms with Crippen molar-refractivity contribution in [2.24, 2.45) is 5.92 Å². The van der Waals surface area contributed by atoms with Crippen LogP contribution in [0.5, 0.6) is 5.75 Å². The van der Waals surface area contributed by atoms with E-state index in [1.54, 1.807) is 11.8 Å². The second-order valence-corrected chi connectivity index (χ2v) is 12.5. The van der Waals surface area contributed by atoms with Crippen molar-refractivity contribution < 1.29 is 24.6 Å². The van der Waals surface area contributed by atoms with E-state index in [1.165, 1.54) is 18.2 Å². The summed E-state index contributed by atoms with van der Waals surface area (Å²) in [6.07, 6.45) is 31.1. The van der Waals surface area contributed by atoms with Crippen molar-refractivity contribution >= 4 is 35.2 Å². The average molecular weight is 639 g/mol. The Kier molecular flexibility index (Phi) is 21.7. The third-order valence-electron chi connectivity index (χ3n) is 6.74. The van der Waals surface area contributed by atoms with Crippen LogP contribution in [0.25, 0.3) is 0 Å². The van der Waals surface area contributed by atoms with Crippen molar-refractivity contribution in [1.29, 1.82) is 0 Å². The molecule has 1 rings (SSSR count). The van der Waals surface area contributed by atoms with Crippen LogP contribution in [0.15, 0.2) is 79.0 Å². The Hall–Kier alpha value is -3.52. The summed E-state index contributed by atoms with van der Waals surface area (Å²) in [5.41, 5.74) is -0.0619. The van der Waals surface area contributed by atoms with Gasteiger partial charge in [0.2, 0.25) is 11.8 Å². The van der Waals surface area contributed by atoms with Gasteiger partial charge >= 0.3 is 5.97 Å². The number of rotatable bonds is 23. The van der Waals surface area contributed by atoms with E-state index in [1.807, 2.05) is 20.8 Å². The molecule has 0 saturated carbocycles. The quantitative estimate of drug-likeness (QED) is 0.0540. The van der Waals surface area contributed by atoms with E-state index in [4.69, 9.17) is 0 Å². The van der Waals surface area contributed by atoms with E-state index in [0.717, 1.165) is 57.1 Å². The zero-order valence-corrected chi connectivity index (χ0v) is 28.4. The molecule has 0 heterocycles. The highest BCUT2D eigenvalue weighted by Gasteiger charge is 2.26. The molecule has 0 aliphatic rings. The monoisotopic (exact) mass is 638 g/mol. The van der Waals surface area contributed by atoms with Gasteiger partial charge in [0.05, 0.1) is 5.25 Å². The fraction of sp³-hybridized carbons (Fsp3) is 0.486. The SMILES string of the molecule is CC/C=C\C/C=C\C/C=C\C/C=C\C/C=C\CCCCS[C@H](CC)C(=O)NC(CC(C)C)C(=O)Nc1ccc(O)c(C(=O)O)c1. The smallest absolute Gasteiger partial charge is 0.339 e. The number of benzene rings is 1. The number of allylic oxidation sites excluding steroid dienone is 10. The lowest BCUT2D eigenvalue weighted by Gasteiger charge is -2.23. The molecule has 0 bridgehead atoms. The van der Waals surface area contributed by atoms with Crippen molar-refractivity contribution in [2.75, 3.05) is 11.1 Å². The first-order chi connectivity index (χ1) is 21.7. The van der Waals surface area contributed by atoms with Crippen LogP contribution >= 0.6 is 11.8 Å². The third-order valence-corrected chi connectivity index (χ3v) is 8.21. The predicted octanol–water partition coefficient (Wildman–Crippen LogP) is 8.99. The summed E-state index contributed by atoms with van der Waals surface area (Å²) < 4.78 is 0. The van der Waals surface area contributed by atoms with E-state index < -0.39 is 17.9 Å². The largest absolute Gasteiger partial charge is 0.507 e. The molecule has 2 amide bonds. The number of aromatic hydroxyl groups is 1. The summed E-state index contributed by atoms with van der Waals surface area (Å²) in [6, 6.07) is 3.09. The number of aromatic carboxylic acids is 1. The summed E-state index contributed by atoms with van der Waals surface area (Å²) in [6.45, 7) is 8.05. The van der Waals surface area contributed by atoms with Crippen molar-refractivity contribution in [1.82, 2.24) is 5.32 Å². The number of carbonyl (C=O) groups is 3. The maximum absolute atomic E-state index is 13.1. The number of thioether (sulfide) groups is 1. The molecule has 0 spiro atoms. The number of carbonyl (C=O) groups excluding carboxylic acids is 2. The highest BCUT2D eigenvalue weighted by atomic mass is 32.2. The normalized spacial score (nSPS) is 13.5. The molecular weight excluding hydrogens is 584 g/mol. The van der Waals surface area contributed by atoms with E-state index in [0.29, 0.717) is 12.8 Å². The molecule has 0 aliphatic carbocycles. The molecule has 0 saturated heterocycles. The van der Waals surface area contributed by atoms with Gasteiger partial charge in [-0.1, -0.05) is 88.5 Å². The Morgan fingerprint density at radius 3 is 1.93 bits per heavy atom. The lowest BCUT2D eigenvalue weighted by molar-refractivity contribution is -0.126. The summed E-state index contributed by atoms with van der Waals surface area (Å²) in [4.78, 5) is 37.5. The molecule has 0 aromatic heterocycles. The Balaban J connectivity index is 2.37. The molecule has 0 radical (unpaired) electrons. The van der Waals surface area contributed by atoms with Crippen LogP contribution < -0.4 is 10.6 Å². The van der Waals surface area contributed by atoms with Crippen LogP contribution in [-0.2, 0) is 9.59 Å². The topological polar surface area (TPSA) is 116 Å². The van der Waals surface area contributed by atoms with Crippen LogP contribution in [0.4, 0.5) is 5.69 Å². The van der Waals surface area contributed by atoms with Gasteiger partial charge in [0.15, 0.2) is 0 Å². The molecule has 0 aliphatic heterocycles. The Bertz CT molecular complexity index is 1170. The zero-order valence-electron chi connectivity index (χ0n) is 27.5. The Labute approximate surface area is 275 Å². The van der Waals surface area contributed by atoms with Crippen LogP contribution in [0.2, 0.25) is 0 Å². The number of carboxylic acids is 1. The van der Waals surface area contributed by atoms with Crippen LogP contribution in [0.3, 0.4) is 0 Å². The molecule has 45 heavy (non-hydrogen) atoms. The van der Waals surface area contributed by atoms with Gasteiger partial charge in [0, 0.05) is 5.69 Å². The van der Waals surface area contributed by atoms with Crippen LogP contribution in [0.1, 0.15) is 102 Å². The highest BCUT2D eigenvalue weighted by Crippen LogP contribution is 2.22. The molecule has 1 unspecified atom stereocenters. The minimum atomic E-state index is -1.30. The Morgan fingerprint density at radius 1 is 0.822 bits per heavy atom. The number of hydrogen-bond acceptors (Lipinski definition) is 5. The minimum absolute atomic E-state index is 0.152. The molecular formula is C37H54N2O5S. The van der Waals surface area contributed by atoms with Crippen LogP contribution in [-0.4, -0.2) is 45.0 Å². The first-order valence-electron chi connectivity index (χ1n) is 16.2. The summed E-state index contributed by atoms with van der Waals surface area (Å²) in [5, 5.41) is 24.3. The van der Waals surface area contributed by atoms with Crippen molar-refractivity contribution in [3.63, 3.8) is 0 Å². The number of unbranched alkanes of at least 4 members (excludes halogenated alkanes) is 2. The lowest BCUT2D eigenvalue weighted by Crippen LogP contribution is -2.47. The molecule has 2 atom stereocenters. The summed E-state index contributed by atoms with van der Waals surface area (Å²) in [5.74, 6) is -1.25. The molecule has 4 N–H and O–H groups in total. The van der Waals surface area contributed by atoms with Gasteiger partial charge in [-0.25, -0.2) is 4.79 Å². The predicted molar refractivity (Wildman–Crippen MR) is 190 cm³/mol. The number of nitrogens with one attached hydrogen (secondary N) is 2. The van der Waals surface area contributed by atoms with E-state index in [-0.39, 0.29) is 34.1 Å². The van der Waals surface area contributed by atoms with Crippen molar-refractivity contribution in [3.05, 3.63) is 84.5 Å². The molecule has 8 heteroatoms. The van der Waals surface area contributed by atoms with Gasteiger partial charge in [-0.3, -0.25) is 9.59 Å². The molecule has 248 valence electrons. The van der Waals surface area contributed by atoms with Gasteiger partial charge in [0.1, 0.15) is 17.4 Å². The van der Waals surface area contributed by atoms with Crippen molar-refractivity contribution in [2.45, 2.75) is 103 Å². The zero-order chi connectivity index (χ0) is 33.3. The molecule has 7 nitrogen and oxygen atoms in total. The fourth-order valence-electron chi connectivity index (χ4n) is 4.32.